The predicted molar refractivity (Wildman–Crippen MR) is 137 cm³/mol. The van der Waals surface area contributed by atoms with Crippen LogP contribution in [0.3, 0.4) is 0 Å². The Morgan fingerprint density at radius 2 is 1.83 bits per heavy atom. The fourth-order valence-electron chi connectivity index (χ4n) is 4.41. The van der Waals surface area contributed by atoms with Gasteiger partial charge in [0.15, 0.2) is 11.5 Å². The summed E-state index contributed by atoms with van der Waals surface area (Å²) in [6, 6.07) is 12.3. The minimum absolute atomic E-state index is 0.0830. The third-order valence-corrected chi connectivity index (χ3v) is 6.41. The van der Waals surface area contributed by atoms with E-state index in [1.54, 1.807) is 10.8 Å². The molecular weight excluding hydrogens is 460 g/mol. The molecule has 3 heterocycles. The second-order valence-electron chi connectivity index (χ2n) is 9.28. The summed E-state index contributed by atoms with van der Waals surface area (Å²) in [4.78, 5) is 49.0. The van der Waals surface area contributed by atoms with Gasteiger partial charge in [0.2, 0.25) is 0 Å². The summed E-state index contributed by atoms with van der Waals surface area (Å²) in [5.41, 5.74) is 2.02. The number of piperidine rings is 1. The zero-order valence-corrected chi connectivity index (χ0v) is 20.8. The molecule has 0 aliphatic carbocycles. The van der Waals surface area contributed by atoms with Crippen molar-refractivity contribution in [2.24, 2.45) is 5.92 Å². The number of amides is 2. The number of carbonyl (C=O) groups is 2. The first kappa shape index (κ1) is 25.2. The Morgan fingerprint density at radius 1 is 1.11 bits per heavy atom. The standard InChI is InChI=1S/C26H32N6O4/c1-17(2)21(25(34)36-3)30-26(35)28-19-11-14-31(15-12-19)23-24(33)32(16-18-8-5-4-6-9-18)22-20(29-23)10-7-13-27-22/h4-10,13,17,19,21H,11-12,14-16H2,1-3H3,(H2,28,30,35)/t21-/m0/s1. The van der Waals surface area contributed by atoms with Crippen molar-refractivity contribution in [3.05, 3.63) is 64.6 Å². The van der Waals surface area contributed by atoms with Crippen LogP contribution < -0.4 is 21.1 Å². The number of ether oxygens (including phenoxy) is 1. The van der Waals surface area contributed by atoms with Gasteiger partial charge in [0.05, 0.1) is 13.7 Å². The number of nitrogens with one attached hydrogen (secondary N) is 2. The van der Waals surface area contributed by atoms with Gasteiger partial charge in [-0.25, -0.2) is 19.6 Å². The number of pyridine rings is 1. The van der Waals surface area contributed by atoms with Crippen molar-refractivity contribution in [1.29, 1.82) is 0 Å². The van der Waals surface area contributed by atoms with E-state index < -0.39 is 18.0 Å². The molecule has 1 aliphatic rings. The first-order valence-electron chi connectivity index (χ1n) is 12.2. The lowest BCUT2D eigenvalue weighted by Gasteiger charge is -2.33. The number of fused-ring (bicyclic) bond motifs is 1. The fourth-order valence-corrected chi connectivity index (χ4v) is 4.41. The van der Waals surface area contributed by atoms with Gasteiger partial charge < -0.3 is 20.3 Å². The fraction of sp³-hybridized carbons (Fsp3) is 0.423. The summed E-state index contributed by atoms with van der Waals surface area (Å²) in [5.74, 6) is -0.185. The lowest BCUT2D eigenvalue weighted by Crippen LogP contribution is -2.53. The van der Waals surface area contributed by atoms with E-state index in [1.165, 1.54) is 7.11 Å². The van der Waals surface area contributed by atoms with Gasteiger partial charge in [-0.2, -0.15) is 0 Å². The highest BCUT2D eigenvalue weighted by Crippen LogP contribution is 2.19. The number of urea groups is 1. The summed E-state index contributed by atoms with van der Waals surface area (Å²) in [6.45, 7) is 5.22. The molecule has 2 aromatic heterocycles. The number of esters is 1. The Morgan fingerprint density at radius 3 is 2.50 bits per heavy atom. The van der Waals surface area contributed by atoms with Gasteiger partial charge in [0, 0.05) is 25.3 Å². The van der Waals surface area contributed by atoms with Crippen molar-refractivity contribution in [2.45, 2.75) is 45.3 Å². The molecule has 10 nitrogen and oxygen atoms in total. The number of nitrogens with zero attached hydrogens (tertiary/aromatic N) is 4. The van der Waals surface area contributed by atoms with Crippen molar-refractivity contribution in [3.63, 3.8) is 0 Å². The Hall–Kier alpha value is -3.95. The molecule has 0 radical (unpaired) electrons. The molecule has 1 aromatic carbocycles. The lowest BCUT2D eigenvalue weighted by atomic mass is 10.0. The van der Waals surface area contributed by atoms with E-state index in [-0.39, 0.29) is 17.5 Å². The highest BCUT2D eigenvalue weighted by molar-refractivity contribution is 5.83. The molecule has 36 heavy (non-hydrogen) atoms. The monoisotopic (exact) mass is 492 g/mol. The molecule has 0 unspecified atom stereocenters. The van der Waals surface area contributed by atoms with Crippen molar-refractivity contribution in [2.75, 3.05) is 25.1 Å². The summed E-state index contributed by atoms with van der Waals surface area (Å²) < 4.78 is 6.46. The van der Waals surface area contributed by atoms with Crippen molar-refractivity contribution in [1.82, 2.24) is 25.2 Å². The maximum absolute atomic E-state index is 13.5. The van der Waals surface area contributed by atoms with Crippen molar-refractivity contribution in [3.8, 4) is 0 Å². The zero-order chi connectivity index (χ0) is 25.7. The summed E-state index contributed by atoms with van der Waals surface area (Å²) in [6.07, 6.45) is 2.95. The molecule has 1 atom stereocenters. The van der Waals surface area contributed by atoms with Crippen LogP contribution in [0.4, 0.5) is 10.6 Å². The second kappa shape index (κ2) is 11.2. The van der Waals surface area contributed by atoms with Crippen LogP contribution >= 0.6 is 0 Å². The Kier molecular flexibility index (Phi) is 7.82. The molecular formula is C26H32N6O4. The van der Waals surface area contributed by atoms with Crippen LogP contribution in [0.1, 0.15) is 32.3 Å². The molecule has 10 heteroatoms. The molecule has 1 saturated heterocycles. The van der Waals surface area contributed by atoms with Gasteiger partial charge in [-0.1, -0.05) is 44.2 Å². The normalized spacial score (nSPS) is 15.1. The topological polar surface area (TPSA) is 118 Å². The van der Waals surface area contributed by atoms with Crippen molar-refractivity contribution >= 4 is 29.0 Å². The first-order chi connectivity index (χ1) is 17.4. The summed E-state index contributed by atoms with van der Waals surface area (Å²) in [5, 5.41) is 5.65. The molecule has 2 N–H and O–H groups in total. The zero-order valence-electron chi connectivity index (χ0n) is 20.8. The Bertz CT molecular complexity index is 1270. The SMILES string of the molecule is COC(=O)[C@@H](NC(=O)NC1CCN(c2nc3cccnc3n(Cc3ccccc3)c2=O)CC1)C(C)C. The van der Waals surface area contributed by atoms with Gasteiger partial charge in [-0.3, -0.25) is 9.36 Å². The number of carbonyl (C=O) groups excluding carboxylic acids is 2. The average molecular weight is 493 g/mol. The molecule has 4 rings (SSSR count). The average Bonchev–Trinajstić information content (AvgIpc) is 2.89. The third kappa shape index (κ3) is 5.64. The van der Waals surface area contributed by atoms with Gasteiger partial charge >= 0.3 is 12.0 Å². The quantitative estimate of drug-likeness (QED) is 0.486. The largest absolute Gasteiger partial charge is 0.467 e. The van der Waals surface area contributed by atoms with Gasteiger partial charge in [0.1, 0.15) is 11.6 Å². The smallest absolute Gasteiger partial charge is 0.328 e. The number of anilines is 1. The molecule has 3 aromatic rings. The predicted octanol–water partition coefficient (Wildman–Crippen LogP) is 2.31. The minimum Gasteiger partial charge on any atom is -0.467 e. The summed E-state index contributed by atoms with van der Waals surface area (Å²) in [7, 11) is 1.30. The first-order valence-corrected chi connectivity index (χ1v) is 12.2. The third-order valence-electron chi connectivity index (χ3n) is 6.41. The number of benzene rings is 1. The van der Waals surface area contributed by atoms with Gasteiger partial charge in [-0.05, 0) is 36.5 Å². The van der Waals surface area contributed by atoms with E-state index in [1.807, 2.05) is 61.2 Å². The van der Waals surface area contributed by atoms with E-state index in [9.17, 15) is 14.4 Å². The van der Waals surface area contributed by atoms with E-state index in [0.717, 1.165) is 5.56 Å². The number of methoxy groups -OCH3 is 1. The summed E-state index contributed by atoms with van der Waals surface area (Å²) >= 11 is 0. The lowest BCUT2D eigenvalue weighted by molar-refractivity contribution is -0.144. The van der Waals surface area contributed by atoms with Crippen LogP contribution in [0.5, 0.6) is 0 Å². The van der Waals surface area contributed by atoms with Gasteiger partial charge in [0.25, 0.3) is 5.56 Å². The number of aromatic nitrogens is 3. The van der Waals surface area contributed by atoms with Crippen LogP contribution in [0.25, 0.3) is 11.2 Å². The van der Waals surface area contributed by atoms with Crippen molar-refractivity contribution < 1.29 is 14.3 Å². The van der Waals surface area contributed by atoms with Crippen LogP contribution in [0, 0.1) is 5.92 Å². The Labute approximate surface area is 209 Å². The van der Waals surface area contributed by atoms with Crippen LogP contribution in [0.15, 0.2) is 53.5 Å². The highest BCUT2D eigenvalue weighted by atomic mass is 16.5. The van der Waals surface area contributed by atoms with E-state index in [2.05, 4.69) is 20.6 Å². The van der Waals surface area contributed by atoms with E-state index in [4.69, 9.17) is 4.74 Å². The number of hydrogen-bond donors (Lipinski definition) is 2. The Balaban J connectivity index is 1.47. The number of hydrogen-bond acceptors (Lipinski definition) is 7. The molecule has 0 spiro atoms. The molecule has 2 amide bonds. The molecule has 190 valence electrons. The highest BCUT2D eigenvalue weighted by Gasteiger charge is 2.28. The minimum atomic E-state index is -0.714. The maximum Gasteiger partial charge on any atom is 0.328 e. The van der Waals surface area contributed by atoms with Crippen LogP contribution in [-0.2, 0) is 16.1 Å². The molecule has 0 bridgehead atoms. The molecule has 0 saturated carbocycles. The molecule has 1 fully saturated rings. The molecule has 1 aliphatic heterocycles. The second-order valence-corrected chi connectivity index (χ2v) is 9.28. The van der Waals surface area contributed by atoms with Crippen LogP contribution in [0.2, 0.25) is 0 Å². The van der Waals surface area contributed by atoms with Crippen LogP contribution in [-0.4, -0.2) is 58.8 Å². The van der Waals surface area contributed by atoms with E-state index in [0.29, 0.717) is 49.5 Å². The van der Waals surface area contributed by atoms with Gasteiger partial charge in [-0.15, -0.1) is 0 Å². The maximum atomic E-state index is 13.5. The van der Waals surface area contributed by atoms with E-state index >= 15 is 0 Å². The number of rotatable bonds is 7.